The lowest BCUT2D eigenvalue weighted by atomic mass is 9.96. The fourth-order valence-electron chi connectivity index (χ4n) is 4.14. The van der Waals surface area contributed by atoms with Crippen molar-refractivity contribution in [1.29, 1.82) is 0 Å². The highest BCUT2D eigenvalue weighted by molar-refractivity contribution is 6.01. The smallest absolute Gasteiger partial charge is 0.271 e. The average Bonchev–Trinajstić information content (AvgIpc) is 3.15. The molecule has 0 fully saturated rings. The van der Waals surface area contributed by atoms with Gasteiger partial charge in [-0.05, 0) is 17.7 Å². The van der Waals surface area contributed by atoms with Gasteiger partial charge in [0.15, 0.2) is 0 Å². The van der Waals surface area contributed by atoms with Crippen molar-refractivity contribution in [2.45, 2.75) is 12.6 Å². The van der Waals surface area contributed by atoms with Crippen molar-refractivity contribution >= 4 is 16.8 Å². The fourth-order valence-corrected chi connectivity index (χ4v) is 4.14. The number of benzene rings is 3. The summed E-state index contributed by atoms with van der Waals surface area (Å²) < 4.78 is 34.3. The van der Waals surface area contributed by atoms with E-state index in [9.17, 15) is 13.6 Å². The fraction of sp³-hybridized carbons (Fsp3) is 0.160. The summed E-state index contributed by atoms with van der Waals surface area (Å²) in [6.07, 6.45) is -0.824. The first-order valence-electron chi connectivity index (χ1n) is 10.1. The van der Waals surface area contributed by atoms with Crippen LogP contribution in [-0.2, 0) is 11.3 Å². The van der Waals surface area contributed by atoms with Crippen LogP contribution in [0.2, 0.25) is 0 Å². The molecule has 1 amide bonds. The van der Waals surface area contributed by atoms with Crippen LogP contribution in [-0.4, -0.2) is 28.9 Å². The highest BCUT2D eigenvalue weighted by Crippen LogP contribution is 2.37. The summed E-state index contributed by atoms with van der Waals surface area (Å²) in [7, 11) is 0. The van der Waals surface area contributed by atoms with Crippen molar-refractivity contribution in [2.24, 2.45) is 0 Å². The van der Waals surface area contributed by atoms with Gasteiger partial charge in [0.25, 0.3) is 5.91 Å². The zero-order valence-electron chi connectivity index (χ0n) is 16.6. The lowest BCUT2D eigenvalue weighted by Crippen LogP contribution is -2.37. The van der Waals surface area contributed by atoms with Crippen molar-refractivity contribution in [1.82, 2.24) is 9.88 Å². The Bertz CT molecular complexity index is 1250. The molecule has 0 unspecified atom stereocenters. The minimum Gasteiger partial charge on any atom is -0.367 e. The first-order valence-corrected chi connectivity index (χ1v) is 10.1. The number of halogens is 2. The Kier molecular flexibility index (Phi) is 5.00. The summed E-state index contributed by atoms with van der Waals surface area (Å²) in [6, 6.07) is 20.6. The summed E-state index contributed by atoms with van der Waals surface area (Å²) in [5.74, 6) is -1.53. The molecule has 4 aromatic rings. The Morgan fingerprint density at radius 3 is 2.58 bits per heavy atom. The predicted molar refractivity (Wildman–Crippen MR) is 114 cm³/mol. The molecule has 0 aliphatic carbocycles. The van der Waals surface area contributed by atoms with E-state index in [-0.39, 0.29) is 18.1 Å². The molecule has 5 rings (SSSR count). The lowest BCUT2D eigenvalue weighted by Gasteiger charge is -2.29. The lowest BCUT2D eigenvalue weighted by molar-refractivity contribution is 0.0390. The first-order chi connectivity index (χ1) is 15.1. The number of ether oxygens (including phenoxy) is 1. The van der Waals surface area contributed by atoms with Crippen LogP contribution in [0.4, 0.5) is 8.78 Å². The zero-order valence-corrected chi connectivity index (χ0v) is 16.6. The van der Waals surface area contributed by atoms with Crippen molar-refractivity contribution < 1.29 is 18.3 Å². The number of aromatic nitrogens is 1. The number of fused-ring (bicyclic) bond motifs is 3. The van der Waals surface area contributed by atoms with Gasteiger partial charge >= 0.3 is 0 Å². The second kappa shape index (κ2) is 7.96. The van der Waals surface area contributed by atoms with Crippen molar-refractivity contribution in [3.05, 3.63) is 107 Å². The SMILES string of the molecule is O=C1c2[nH]c3ccccc3c2[C@@H](c2ccc(F)cc2F)OCCN1Cc1ccccc1. The van der Waals surface area contributed by atoms with Crippen molar-refractivity contribution in [2.75, 3.05) is 13.2 Å². The van der Waals surface area contributed by atoms with Crippen LogP contribution in [0, 0.1) is 11.6 Å². The van der Waals surface area contributed by atoms with E-state index < -0.39 is 17.7 Å². The molecule has 31 heavy (non-hydrogen) atoms. The quantitative estimate of drug-likeness (QED) is 0.497. The molecular weight excluding hydrogens is 398 g/mol. The normalized spacial score (nSPS) is 16.8. The first kappa shape index (κ1) is 19.5. The molecule has 156 valence electrons. The van der Waals surface area contributed by atoms with Gasteiger partial charge in [-0.3, -0.25) is 4.79 Å². The van der Waals surface area contributed by atoms with E-state index in [1.165, 1.54) is 12.1 Å². The van der Waals surface area contributed by atoms with E-state index in [4.69, 9.17) is 4.74 Å². The molecular formula is C25H20F2N2O2. The molecule has 1 aliphatic heterocycles. The summed E-state index contributed by atoms with van der Waals surface area (Å²) in [5.41, 5.74) is 2.92. The average molecular weight is 418 g/mol. The van der Waals surface area contributed by atoms with Crippen LogP contribution in [0.1, 0.15) is 33.3 Å². The van der Waals surface area contributed by atoms with Crippen LogP contribution < -0.4 is 0 Å². The summed E-state index contributed by atoms with van der Waals surface area (Å²) in [6.45, 7) is 1.01. The van der Waals surface area contributed by atoms with E-state index in [1.54, 1.807) is 4.90 Å². The maximum Gasteiger partial charge on any atom is 0.271 e. The van der Waals surface area contributed by atoms with Crippen LogP contribution in [0.25, 0.3) is 10.9 Å². The van der Waals surface area contributed by atoms with Gasteiger partial charge in [0.05, 0.1) is 6.61 Å². The highest BCUT2D eigenvalue weighted by atomic mass is 19.1. The Morgan fingerprint density at radius 1 is 1.00 bits per heavy atom. The maximum absolute atomic E-state index is 14.7. The van der Waals surface area contributed by atoms with Gasteiger partial charge in [-0.25, -0.2) is 8.78 Å². The predicted octanol–water partition coefficient (Wildman–Crippen LogP) is 5.21. The molecule has 0 spiro atoms. The molecule has 0 radical (unpaired) electrons. The Balaban J connectivity index is 1.64. The Morgan fingerprint density at radius 2 is 1.77 bits per heavy atom. The number of para-hydroxylation sites is 1. The third-order valence-corrected chi connectivity index (χ3v) is 5.62. The minimum absolute atomic E-state index is 0.175. The Hall–Kier alpha value is -3.51. The number of hydrogen-bond acceptors (Lipinski definition) is 2. The minimum atomic E-state index is -0.824. The molecule has 1 atom stereocenters. The molecule has 6 heteroatoms. The largest absolute Gasteiger partial charge is 0.367 e. The number of carbonyl (C=O) groups is 1. The van der Waals surface area contributed by atoms with E-state index in [1.807, 2.05) is 54.6 Å². The van der Waals surface area contributed by atoms with Crippen molar-refractivity contribution in [3.8, 4) is 0 Å². The number of hydrogen-bond donors (Lipinski definition) is 1. The van der Waals surface area contributed by atoms with Gasteiger partial charge in [0.2, 0.25) is 0 Å². The van der Waals surface area contributed by atoms with Gasteiger partial charge in [0, 0.05) is 41.2 Å². The summed E-state index contributed by atoms with van der Waals surface area (Å²) in [4.78, 5) is 18.5. The number of aromatic amines is 1. The standard InChI is InChI=1S/C25H20F2N2O2/c26-17-10-11-18(20(27)14-17)24-22-19-8-4-5-9-21(19)28-23(22)25(30)29(12-13-31-24)15-16-6-2-1-3-7-16/h1-11,14,24,28H,12-13,15H2/t24-/m1/s1. The number of nitrogens with one attached hydrogen (secondary N) is 1. The third-order valence-electron chi connectivity index (χ3n) is 5.62. The summed E-state index contributed by atoms with van der Waals surface area (Å²) >= 11 is 0. The van der Waals surface area contributed by atoms with Crippen LogP contribution in [0.15, 0.2) is 72.8 Å². The zero-order chi connectivity index (χ0) is 21.4. The van der Waals surface area contributed by atoms with Gasteiger partial charge in [0.1, 0.15) is 23.4 Å². The number of amides is 1. The molecule has 0 saturated carbocycles. The Labute approximate surface area is 178 Å². The van der Waals surface area contributed by atoms with Crippen LogP contribution >= 0.6 is 0 Å². The van der Waals surface area contributed by atoms with E-state index in [2.05, 4.69) is 4.98 Å². The van der Waals surface area contributed by atoms with Gasteiger partial charge < -0.3 is 14.6 Å². The maximum atomic E-state index is 14.7. The third kappa shape index (κ3) is 3.59. The highest BCUT2D eigenvalue weighted by Gasteiger charge is 2.32. The molecule has 1 aliphatic rings. The van der Waals surface area contributed by atoms with E-state index in [0.717, 1.165) is 22.5 Å². The van der Waals surface area contributed by atoms with Crippen molar-refractivity contribution in [3.63, 3.8) is 0 Å². The molecule has 2 heterocycles. The van der Waals surface area contributed by atoms with Crippen LogP contribution in [0.3, 0.4) is 0 Å². The topological polar surface area (TPSA) is 45.3 Å². The summed E-state index contributed by atoms with van der Waals surface area (Å²) in [5, 5.41) is 0.779. The molecule has 3 aromatic carbocycles. The molecule has 0 saturated heterocycles. The molecule has 0 bridgehead atoms. The second-order valence-electron chi connectivity index (χ2n) is 7.59. The second-order valence-corrected chi connectivity index (χ2v) is 7.59. The number of rotatable bonds is 3. The number of H-pyrrole nitrogens is 1. The van der Waals surface area contributed by atoms with Crippen LogP contribution in [0.5, 0.6) is 0 Å². The van der Waals surface area contributed by atoms with Gasteiger partial charge in [-0.1, -0.05) is 54.6 Å². The van der Waals surface area contributed by atoms with E-state index >= 15 is 0 Å². The molecule has 1 N–H and O–H groups in total. The molecule has 1 aromatic heterocycles. The monoisotopic (exact) mass is 418 g/mol. The van der Waals surface area contributed by atoms with Gasteiger partial charge in [-0.2, -0.15) is 0 Å². The van der Waals surface area contributed by atoms with E-state index in [0.29, 0.717) is 24.3 Å². The number of nitrogens with zero attached hydrogens (tertiary/aromatic N) is 1. The number of carbonyl (C=O) groups excluding carboxylic acids is 1. The molecule has 4 nitrogen and oxygen atoms in total. The van der Waals surface area contributed by atoms with Gasteiger partial charge in [-0.15, -0.1) is 0 Å².